The second-order valence-electron chi connectivity index (χ2n) is 6.29. The van der Waals surface area contributed by atoms with Crippen LogP contribution in [0.15, 0.2) is 29.4 Å². The molecule has 0 saturated carbocycles. The molecule has 0 aromatic heterocycles. The number of hydrazone groups is 1. The molecule has 9 nitrogen and oxygen atoms in total. The van der Waals surface area contributed by atoms with Gasteiger partial charge in [-0.2, -0.15) is 0 Å². The van der Waals surface area contributed by atoms with Crippen molar-refractivity contribution in [2.45, 2.75) is 38.4 Å². The number of unbranched alkanes of at least 4 members (excludes halogenated alkanes) is 1. The number of carbonyl (C=O) groups is 1. The second-order valence-corrected chi connectivity index (χ2v) is 8.61. The number of nitrogens with zero attached hydrogens (tertiary/aromatic N) is 2. The van der Waals surface area contributed by atoms with Gasteiger partial charge in [-0.05, 0) is 51.0 Å². The molecule has 0 unspecified atom stereocenters. The summed E-state index contributed by atoms with van der Waals surface area (Å²) in [6.45, 7) is 3.61. The Bertz CT molecular complexity index is 746. The van der Waals surface area contributed by atoms with Gasteiger partial charge in [0.2, 0.25) is 15.9 Å². The number of amides is 1. The maximum atomic E-state index is 12.0. The molecule has 1 aliphatic heterocycles. The fourth-order valence-electron chi connectivity index (χ4n) is 2.26. The molecule has 4 N–H and O–H groups in total. The molecule has 0 fully saturated rings. The van der Waals surface area contributed by atoms with Crippen molar-refractivity contribution >= 4 is 27.5 Å². The molecule has 1 aromatic rings. The molecule has 2 rings (SSSR count). The van der Waals surface area contributed by atoms with Gasteiger partial charge in [-0.25, -0.2) is 18.7 Å². The monoisotopic (exact) mass is 382 g/mol. The summed E-state index contributed by atoms with van der Waals surface area (Å²) >= 11 is 0. The number of nitrogens with one attached hydrogen (secondary N) is 4. The Morgan fingerprint density at radius 3 is 2.50 bits per heavy atom. The van der Waals surface area contributed by atoms with Crippen LogP contribution in [-0.4, -0.2) is 44.0 Å². The molecule has 1 amide bonds. The first-order valence-corrected chi connectivity index (χ1v) is 10.0. The van der Waals surface area contributed by atoms with E-state index in [1.54, 1.807) is 18.9 Å². The lowest BCUT2D eigenvalue weighted by Crippen LogP contribution is -2.37. The fourth-order valence-corrected chi connectivity index (χ4v) is 3.02. The van der Waals surface area contributed by atoms with Crippen LogP contribution in [0.3, 0.4) is 0 Å². The first-order valence-electron chi connectivity index (χ1n) is 8.50. The van der Waals surface area contributed by atoms with Gasteiger partial charge in [0.05, 0.1) is 5.25 Å². The van der Waals surface area contributed by atoms with Crippen LogP contribution >= 0.6 is 0 Å². The lowest BCUT2D eigenvalue weighted by atomic mass is 10.1. The summed E-state index contributed by atoms with van der Waals surface area (Å²) in [5, 5.41) is 8.25. The molecule has 0 atom stereocenters. The summed E-state index contributed by atoms with van der Waals surface area (Å²) in [5.41, 5.74) is 7.13. The SMILES string of the molecule is CC(C)S(=O)(=O)NCCCCC(=O)Nc1ccc(C2=NNNN2C)cc1. The Labute approximate surface area is 154 Å². The number of anilines is 1. The normalized spacial score (nSPS) is 14.3. The van der Waals surface area contributed by atoms with Crippen molar-refractivity contribution in [2.24, 2.45) is 5.10 Å². The molecule has 144 valence electrons. The van der Waals surface area contributed by atoms with Crippen LogP contribution in [-0.2, 0) is 14.8 Å². The van der Waals surface area contributed by atoms with Crippen LogP contribution in [0.1, 0.15) is 38.7 Å². The highest BCUT2D eigenvalue weighted by atomic mass is 32.2. The minimum atomic E-state index is -3.24. The average molecular weight is 382 g/mol. The number of hydrogen-bond donors (Lipinski definition) is 4. The summed E-state index contributed by atoms with van der Waals surface area (Å²) in [7, 11) is -1.39. The lowest BCUT2D eigenvalue weighted by molar-refractivity contribution is -0.116. The van der Waals surface area contributed by atoms with E-state index in [4.69, 9.17) is 0 Å². The smallest absolute Gasteiger partial charge is 0.224 e. The minimum Gasteiger partial charge on any atom is -0.326 e. The van der Waals surface area contributed by atoms with Crippen LogP contribution in [0.2, 0.25) is 0 Å². The van der Waals surface area contributed by atoms with Gasteiger partial charge < -0.3 is 5.32 Å². The molecular weight excluding hydrogens is 356 g/mol. The number of rotatable bonds is 9. The topological polar surface area (TPSA) is 115 Å². The molecule has 10 heteroatoms. The Morgan fingerprint density at radius 2 is 1.92 bits per heavy atom. The lowest BCUT2D eigenvalue weighted by Gasteiger charge is -2.12. The van der Waals surface area contributed by atoms with Gasteiger partial charge in [-0.3, -0.25) is 9.80 Å². The minimum absolute atomic E-state index is 0.0943. The highest BCUT2D eigenvalue weighted by Gasteiger charge is 2.15. The van der Waals surface area contributed by atoms with Gasteiger partial charge in [-0.15, -0.1) is 10.6 Å². The van der Waals surface area contributed by atoms with E-state index in [-0.39, 0.29) is 5.91 Å². The molecule has 26 heavy (non-hydrogen) atoms. The van der Waals surface area contributed by atoms with Crippen molar-refractivity contribution in [3.63, 3.8) is 0 Å². The fraction of sp³-hybridized carbons (Fsp3) is 0.500. The Kier molecular flexibility index (Phi) is 6.95. The largest absolute Gasteiger partial charge is 0.326 e. The first-order chi connectivity index (χ1) is 12.3. The van der Waals surface area contributed by atoms with Crippen molar-refractivity contribution in [3.8, 4) is 0 Å². The van der Waals surface area contributed by atoms with Gasteiger partial charge in [0, 0.05) is 31.3 Å². The third-order valence-corrected chi connectivity index (χ3v) is 5.73. The summed E-state index contributed by atoms with van der Waals surface area (Å²) in [6.07, 6.45) is 1.57. The highest BCUT2D eigenvalue weighted by molar-refractivity contribution is 7.90. The third-order valence-electron chi connectivity index (χ3n) is 3.88. The standard InChI is InChI=1S/C16H26N6O3S/c1-12(2)26(24,25)17-11-5-4-6-15(23)18-14-9-7-13(8-10-14)16-19-20-21-22(16)3/h7-10,12,17,20-21H,4-6,11H2,1-3H3,(H,18,23). The van der Waals surface area contributed by atoms with Crippen LogP contribution < -0.4 is 21.1 Å². The number of benzene rings is 1. The predicted molar refractivity (Wildman–Crippen MR) is 102 cm³/mol. The van der Waals surface area contributed by atoms with Crippen molar-refractivity contribution < 1.29 is 13.2 Å². The summed E-state index contributed by atoms with van der Waals surface area (Å²) < 4.78 is 25.7. The molecule has 0 aliphatic carbocycles. The van der Waals surface area contributed by atoms with Crippen LogP contribution in [0, 0.1) is 0 Å². The molecule has 1 heterocycles. The number of sulfonamides is 1. The van der Waals surface area contributed by atoms with E-state index < -0.39 is 15.3 Å². The average Bonchev–Trinajstić information content (AvgIpc) is 3.01. The zero-order valence-corrected chi connectivity index (χ0v) is 16.1. The van der Waals surface area contributed by atoms with Crippen molar-refractivity contribution in [1.82, 2.24) is 20.8 Å². The van der Waals surface area contributed by atoms with E-state index in [1.165, 1.54) is 0 Å². The molecular formula is C16H26N6O3S. The number of amidine groups is 1. The Hall–Kier alpha value is -2.17. The van der Waals surface area contributed by atoms with Gasteiger partial charge in [0.25, 0.3) is 0 Å². The maximum Gasteiger partial charge on any atom is 0.224 e. The van der Waals surface area contributed by atoms with E-state index in [9.17, 15) is 13.2 Å². The quantitative estimate of drug-likeness (QED) is 0.468. The highest BCUT2D eigenvalue weighted by Crippen LogP contribution is 2.13. The zero-order chi connectivity index (χ0) is 19.2. The summed E-state index contributed by atoms with van der Waals surface area (Å²) in [4.78, 5) is 12.0. The summed E-state index contributed by atoms with van der Waals surface area (Å²) in [5.74, 6) is 0.662. The van der Waals surface area contributed by atoms with E-state index in [0.717, 1.165) is 11.4 Å². The van der Waals surface area contributed by atoms with Crippen molar-refractivity contribution in [3.05, 3.63) is 29.8 Å². The number of hydrogen-bond acceptors (Lipinski definition) is 7. The van der Waals surface area contributed by atoms with Crippen molar-refractivity contribution in [1.29, 1.82) is 0 Å². The van der Waals surface area contributed by atoms with E-state index in [0.29, 0.717) is 31.5 Å². The van der Waals surface area contributed by atoms with Gasteiger partial charge >= 0.3 is 0 Å². The van der Waals surface area contributed by atoms with E-state index in [2.05, 4.69) is 26.2 Å². The Balaban J connectivity index is 1.71. The van der Waals surface area contributed by atoms with Crippen molar-refractivity contribution in [2.75, 3.05) is 18.9 Å². The first kappa shape index (κ1) is 20.1. The van der Waals surface area contributed by atoms with E-state index in [1.807, 2.05) is 31.3 Å². The molecule has 0 radical (unpaired) electrons. The van der Waals surface area contributed by atoms with Gasteiger partial charge in [-0.1, -0.05) is 0 Å². The third kappa shape index (κ3) is 5.68. The van der Waals surface area contributed by atoms with Crippen LogP contribution in [0.5, 0.6) is 0 Å². The molecule has 0 bridgehead atoms. The Morgan fingerprint density at radius 1 is 1.23 bits per heavy atom. The van der Waals surface area contributed by atoms with Crippen LogP contribution in [0.4, 0.5) is 5.69 Å². The number of hydrazine groups is 2. The number of carbonyl (C=O) groups excluding carboxylic acids is 1. The predicted octanol–water partition coefficient (Wildman–Crippen LogP) is 0.739. The zero-order valence-electron chi connectivity index (χ0n) is 15.2. The van der Waals surface area contributed by atoms with E-state index >= 15 is 0 Å². The molecule has 1 aliphatic rings. The molecule has 0 spiro atoms. The summed E-state index contributed by atoms with van der Waals surface area (Å²) in [6, 6.07) is 7.39. The second kappa shape index (κ2) is 8.97. The molecule has 1 aromatic carbocycles. The van der Waals surface area contributed by atoms with Gasteiger partial charge in [0.15, 0.2) is 5.84 Å². The van der Waals surface area contributed by atoms with Crippen LogP contribution in [0.25, 0.3) is 0 Å². The van der Waals surface area contributed by atoms with Gasteiger partial charge in [0.1, 0.15) is 0 Å². The maximum absolute atomic E-state index is 12.0. The molecule has 0 saturated heterocycles.